The number of nitrogens with one attached hydrogen (secondary N) is 2. The second-order valence-corrected chi connectivity index (χ2v) is 6.07. The fraction of sp³-hybridized carbons (Fsp3) is 0.800. The summed E-state index contributed by atoms with van der Waals surface area (Å²) in [4.78, 5) is 4.26. The number of aliphatic imine (C=N–C) groups is 1. The van der Waals surface area contributed by atoms with Crippen LogP contribution in [-0.2, 0) is 19.4 Å². The minimum Gasteiger partial charge on any atom is -0.356 e. The van der Waals surface area contributed by atoms with Gasteiger partial charge in [0, 0.05) is 39.5 Å². The van der Waals surface area contributed by atoms with Crippen LogP contribution < -0.4 is 10.6 Å². The number of fused-ring (bicyclic) bond motifs is 1. The molecule has 2 aliphatic rings. The summed E-state index contributed by atoms with van der Waals surface area (Å²) >= 11 is 0. The third kappa shape index (κ3) is 4.82. The summed E-state index contributed by atoms with van der Waals surface area (Å²) in [5, 5.41) is 15.5. The number of halogens is 1. The zero-order chi connectivity index (χ0) is 14.5. The molecule has 2 N–H and O–H groups in total. The first kappa shape index (κ1) is 17.5. The molecule has 1 aliphatic carbocycles. The monoisotopic (exact) mass is 418 g/mol. The summed E-state index contributed by atoms with van der Waals surface area (Å²) < 4.78 is 2.31. The molecule has 0 amide bonds. The predicted molar refractivity (Wildman–Crippen MR) is 98.8 cm³/mol. The van der Waals surface area contributed by atoms with Crippen LogP contribution in [0.5, 0.6) is 0 Å². The highest BCUT2D eigenvalue weighted by atomic mass is 127. The third-order valence-electron chi connectivity index (χ3n) is 4.31. The van der Waals surface area contributed by atoms with E-state index in [4.69, 9.17) is 0 Å². The van der Waals surface area contributed by atoms with Crippen molar-refractivity contribution in [1.82, 2.24) is 25.4 Å². The molecule has 1 aromatic heterocycles. The van der Waals surface area contributed by atoms with E-state index in [0.717, 1.165) is 50.2 Å². The molecule has 1 aliphatic heterocycles. The van der Waals surface area contributed by atoms with Gasteiger partial charge in [0.2, 0.25) is 0 Å². The Kier molecular flexibility index (Phi) is 6.91. The highest BCUT2D eigenvalue weighted by Crippen LogP contribution is 2.27. The van der Waals surface area contributed by atoms with E-state index in [1.165, 1.54) is 37.9 Å². The Hall–Kier alpha value is -0.860. The van der Waals surface area contributed by atoms with Gasteiger partial charge in [-0.15, -0.1) is 34.2 Å². The van der Waals surface area contributed by atoms with Crippen LogP contribution in [0.4, 0.5) is 0 Å². The number of hydrogen-bond donors (Lipinski definition) is 2. The largest absolute Gasteiger partial charge is 0.356 e. The number of rotatable bonds is 5. The molecule has 0 aromatic carbocycles. The first-order valence-corrected chi connectivity index (χ1v) is 8.22. The van der Waals surface area contributed by atoms with E-state index in [0.29, 0.717) is 0 Å². The summed E-state index contributed by atoms with van der Waals surface area (Å²) in [5.41, 5.74) is 0. The molecule has 0 radical (unpaired) electrons. The van der Waals surface area contributed by atoms with Crippen LogP contribution >= 0.6 is 24.0 Å². The molecular formula is C15H27IN6. The lowest BCUT2D eigenvalue weighted by molar-refractivity contribution is 0.600. The number of guanidine groups is 1. The van der Waals surface area contributed by atoms with E-state index in [-0.39, 0.29) is 24.0 Å². The van der Waals surface area contributed by atoms with Crippen molar-refractivity contribution in [2.45, 2.75) is 51.5 Å². The third-order valence-corrected chi connectivity index (χ3v) is 4.31. The molecule has 0 spiro atoms. The van der Waals surface area contributed by atoms with Gasteiger partial charge in [-0.25, -0.2) is 0 Å². The summed E-state index contributed by atoms with van der Waals surface area (Å²) in [6.45, 7) is 2.97. The van der Waals surface area contributed by atoms with Crippen molar-refractivity contribution in [3.8, 4) is 0 Å². The van der Waals surface area contributed by atoms with Crippen LogP contribution in [0, 0.1) is 5.92 Å². The van der Waals surface area contributed by atoms with Crippen LogP contribution in [0.3, 0.4) is 0 Å². The highest BCUT2D eigenvalue weighted by molar-refractivity contribution is 14.0. The molecule has 0 atom stereocenters. The molecule has 3 rings (SSSR count). The summed E-state index contributed by atoms with van der Waals surface area (Å²) in [7, 11) is 1.82. The van der Waals surface area contributed by atoms with Gasteiger partial charge in [0.15, 0.2) is 5.96 Å². The molecule has 0 saturated heterocycles. The molecule has 1 saturated carbocycles. The molecule has 2 heterocycles. The van der Waals surface area contributed by atoms with Crippen molar-refractivity contribution < 1.29 is 0 Å². The van der Waals surface area contributed by atoms with Gasteiger partial charge in [-0.05, 0) is 31.6 Å². The van der Waals surface area contributed by atoms with E-state index in [9.17, 15) is 0 Å². The molecule has 22 heavy (non-hydrogen) atoms. The maximum Gasteiger partial charge on any atom is 0.190 e. The van der Waals surface area contributed by atoms with Gasteiger partial charge in [-0.3, -0.25) is 4.99 Å². The van der Waals surface area contributed by atoms with Crippen molar-refractivity contribution in [3.05, 3.63) is 11.6 Å². The average Bonchev–Trinajstić information content (AvgIpc) is 3.29. The SMILES string of the molecule is CN=C(NCCc1nnc2n1CCCCC2)NCC1CC1.I. The summed E-state index contributed by atoms with van der Waals surface area (Å²) in [5.74, 6) is 4.03. The smallest absolute Gasteiger partial charge is 0.190 e. The Bertz CT molecular complexity index is 494. The van der Waals surface area contributed by atoms with Crippen molar-refractivity contribution in [2.75, 3.05) is 20.1 Å². The average molecular weight is 418 g/mol. The van der Waals surface area contributed by atoms with Gasteiger partial charge in [0.25, 0.3) is 0 Å². The van der Waals surface area contributed by atoms with Crippen LogP contribution in [0.1, 0.15) is 43.8 Å². The lowest BCUT2D eigenvalue weighted by atomic mass is 10.2. The Morgan fingerprint density at radius 1 is 1.23 bits per heavy atom. The lowest BCUT2D eigenvalue weighted by Crippen LogP contribution is -2.39. The van der Waals surface area contributed by atoms with E-state index < -0.39 is 0 Å². The maximum absolute atomic E-state index is 4.36. The molecule has 1 aromatic rings. The maximum atomic E-state index is 4.36. The molecule has 124 valence electrons. The van der Waals surface area contributed by atoms with E-state index in [2.05, 4.69) is 30.4 Å². The van der Waals surface area contributed by atoms with Crippen LogP contribution in [0.25, 0.3) is 0 Å². The topological polar surface area (TPSA) is 67.1 Å². The van der Waals surface area contributed by atoms with Gasteiger partial charge in [-0.2, -0.15) is 0 Å². The molecule has 7 heteroatoms. The molecule has 6 nitrogen and oxygen atoms in total. The van der Waals surface area contributed by atoms with Crippen molar-refractivity contribution in [3.63, 3.8) is 0 Å². The number of aryl methyl sites for hydroxylation is 1. The fourth-order valence-corrected chi connectivity index (χ4v) is 2.81. The van der Waals surface area contributed by atoms with E-state index >= 15 is 0 Å². The standard InChI is InChI=1S/C15H26N6.HI/c1-16-15(18-11-12-6-7-12)17-9-8-14-20-19-13-5-3-2-4-10-21(13)14;/h12H,2-11H2,1H3,(H2,16,17,18);1H. The second kappa shape index (κ2) is 8.69. The first-order chi connectivity index (χ1) is 10.4. The Morgan fingerprint density at radius 3 is 2.86 bits per heavy atom. The molecular weight excluding hydrogens is 391 g/mol. The molecule has 0 unspecified atom stereocenters. The van der Waals surface area contributed by atoms with Crippen molar-refractivity contribution in [1.29, 1.82) is 0 Å². The first-order valence-electron chi connectivity index (χ1n) is 8.22. The van der Waals surface area contributed by atoms with E-state index in [1.807, 2.05) is 7.05 Å². The summed E-state index contributed by atoms with van der Waals surface area (Å²) in [6.07, 6.45) is 8.48. The zero-order valence-corrected chi connectivity index (χ0v) is 15.7. The van der Waals surface area contributed by atoms with E-state index in [1.54, 1.807) is 0 Å². The van der Waals surface area contributed by atoms with Gasteiger partial charge in [-0.1, -0.05) is 6.42 Å². The van der Waals surface area contributed by atoms with Gasteiger partial charge in [0.1, 0.15) is 11.6 Å². The summed E-state index contributed by atoms with van der Waals surface area (Å²) in [6, 6.07) is 0. The Balaban J connectivity index is 0.00000176. The van der Waals surface area contributed by atoms with Crippen molar-refractivity contribution >= 4 is 29.9 Å². The Morgan fingerprint density at radius 2 is 2.09 bits per heavy atom. The zero-order valence-electron chi connectivity index (χ0n) is 13.3. The Labute approximate surface area is 149 Å². The van der Waals surface area contributed by atoms with Crippen LogP contribution in [0.15, 0.2) is 4.99 Å². The minimum atomic E-state index is 0. The number of nitrogens with zero attached hydrogens (tertiary/aromatic N) is 4. The highest BCUT2D eigenvalue weighted by Gasteiger charge is 2.21. The quantitative estimate of drug-likeness (QED) is 0.435. The number of hydrogen-bond acceptors (Lipinski definition) is 3. The van der Waals surface area contributed by atoms with Crippen LogP contribution in [0.2, 0.25) is 0 Å². The van der Waals surface area contributed by atoms with Gasteiger partial charge < -0.3 is 15.2 Å². The second-order valence-electron chi connectivity index (χ2n) is 6.07. The predicted octanol–water partition coefficient (Wildman–Crippen LogP) is 1.74. The number of aromatic nitrogens is 3. The fourth-order valence-electron chi connectivity index (χ4n) is 2.81. The molecule has 0 bridgehead atoms. The lowest BCUT2D eigenvalue weighted by Gasteiger charge is -2.12. The van der Waals surface area contributed by atoms with Gasteiger partial charge >= 0.3 is 0 Å². The normalized spacial score (nSPS) is 18.1. The van der Waals surface area contributed by atoms with Crippen LogP contribution in [-0.4, -0.2) is 40.9 Å². The van der Waals surface area contributed by atoms with Crippen molar-refractivity contribution in [2.24, 2.45) is 10.9 Å². The molecule has 1 fully saturated rings. The minimum absolute atomic E-state index is 0. The van der Waals surface area contributed by atoms with Gasteiger partial charge in [0.05, 0.1) is 0 Å².